The van der Waals surface area contributed by atoms with Crippen molar-refractivity contribution in [3.05, 3.63) is 29.0 Å². The van der Waals surface area contributed by atoms with Crippen molar-refractivity contribution < 1.29 is 19.4 Å². The molecule has 1 aromatic heterocycles. The number of nitrogens with zero attached hydrogens (tertiary/aromatic N) is 1. The number of Topliss-reactive ketones (excluding diaryl/α,β-unsaturated/α-hetero) is 1. The van der Waals surface area contributed by atoms with Crippen molar-refractivity contribution in [2.45, 2.75) is 13.8 Å². The number of ether oxygens (including phenoxy) is 1. The maximum Gasteiger partial charge on any atom is 0.377 e. The Morgan fingerprint density at radius 1 is 1.26 bits per heavy atom. The summed E-state index contributed by atoms with van der Waals surface area (Å²) >= 11 is 0. The van der Waals surface area contributed by atoms with E-state index in [0.717, 1.165) is 11.1 Å². The van der Waals surface area contributed by atoms with Crippen LogP contribution in [-0.2, 0) is 11.8 Å². The summed E-state index contributed by atoms with van der Waals surface area (Å²) < 4.78 is 7.01. The van der Waals surface area contributed by atoms with Crippen LogP contribution in [0.25, 0.3) is 10.9 Å². The van der Waals surface area contributed by atoms with Gasteiger partial charge in [-0.1, -0.05) is 0 Å². The molecule has 19 heavy (non-hydrogen) atoms. The first kappa shape index (κ1) is 13.1. The number of aromatic nitrogens is 1. The van der Waals surface area contributed by atoms with Crippen LogP contribution in [0.4, 0.5) is 0 Å². The lowest BCUT2D eigenvalue weighted by Gasteiger charge is -2.05. The van der Waals surface area contributed by atoms with Crippen LogP contribution < -0.4 is 4.74 Å². The highest BCUT2D eigenvalue weighted by molar-refractivity contribution is 6.42. The zero-order valence-corrected chi connectivity index (χ0v) is 11.3. The maximum absolute atomic E-state index is 11.8. The summed E-state index contributed by atoms with van der Waals surface area (Å²) in [6.45, 7) is 3.64. The van der Waals surface area contributed by atoms with Gasteiger partial charge in [-0.2, -0.15) is 0 Å². The van der Waals surface area contributed by atoms with Crippen LogP contribution in [0, 0.1) is 13.8 Å². The van der Waals surface area contributed by atoms with Gasteiger partial charge in [0.25, 0.3) is 5.78 Å². The molecule has 2 rings (SSSR count). The van der Waals surface area contributed by atoms with Crippen molar-refractivity contribution in [2.24, 2.45) is 7.05 Å². The SMILES string of the molecule is COc1cc(C)c2c(c1)c(C(=O)C(=O)O)c(C)n2C. The van der Waals surface area contributed by atoms with Crippen molar-refractivity contribution in [1.82, 2.24) is 4.57 Å². The average molecular weight is 261 g/mol. The molecular weight excluding hydrogens is 246 g/mol. The lowest BCUT2D eigenvalue weighted by molar-refractivity contribution is -0.131. The minimum Gasteiger partial charge on any atom is -0.497 e. The number of carboxylic acids is 1. The predicted octanol–water partition coefficient (Wildman–Crippen LogP) is 2.07. The van der Waals surface area contributed by atoms with E-state index in [1.165, 1.54) is 7.11 Å². The molecule has 1 N–H and O–H groups in total. The molecule has 0 bridgehead atoms. The smallest absolute Gasteiger partial charge is 0.377 e. The predicted molar refractivity (Wildman–Crippen MR) is 70.9 cm³/mol. The van der Waals surface area contributed by atoms with Crippen LogP contribution >= 0.6 is 0 Å². The van der Waals surface area contributed by atoms with Crippen LogP contribution in [0.5, 0.6) is 5.75 Å². The van der Waals surface area contributed by atoms with E-state index in [1.54, 1.807) is 13.0 Å². The van der Waals surface area contributed by atoms with Crippen molar-refractivity contribution in [2.75, 3.05) is 7.11 Å². The van der Waals surface area contributed by atoms with E-state index in [4.69, 9.17) is 9.84 Å². The minimum atomic E-state index is -1.45. The van der Waals surface area contributed by atoms with Gasteiger partial charge in [-0.05, 0) is 31.5 Å². The molecule has 0 unspecified atom stereocenters. The molecule has 0 spiro atoms. The Hall–Kier alpha value is -2.30. The Morgan fingerprint density at radius 3 is 2.42 bits per heavy atom. The molecule has 0 aliphatic heterocycles. The summed E-state index contributed by atoms with van der Waals surface area (Å²) in [5, 5.41) is 9.55. The molecule has 1 aromatic carbocycles. The zero-order valence-electron chi connectivity index (χ0n) is 11.3. The molecule has 0 radical (unpaired) electrons. The summed E-state index contributed by atoms with van der Waals surface area (Å²) in [5.41, 5.74) is 2.65. The number of methoxy groups -OCH3 is 1. The van der Waals surface area contributed by atoms with Crippen molar-refractivity contribution in [3.63, 3.8) is 0 Å². The molecule has 0 aliphatic rings. The van der Waals surface area contributed by atoms with Crippen molar-refractivity contribution in [3.8, 4) is 5.75 Å². The Bertz CT molecular complexity index is 697. The molecule has 5 nitrogen and oxygen atoms in total. The second-order valence-electron chi connectivity index (χ2n) is 4.49. The van der Waals surface area contributed by atoms with Crippen LogP contribution in [-0.4, -0.2) is 28.5 Å². The van der Waals surface area contributed by atoms with Crippen molar-refractivity contribution >= 4 is 22.7 Å². The largest absolute Gasteiger partial charge is 0.497 e. The van der Waals surface area contributed by atoms with Gasteiger partial charge in [0, 0.05) is 18.1 Å². The average Bonchev–Trinajstić information content (AvgIpc) is 2.61. The molecule has 0 saturated heterocycles. The third kappa shape index (κ3) is 1.87. The molecule has 0 saturated carbocycles. The molecule has 0 amide bonds. The summed E-state index contributed by atoms with van der Waals surface area (Å²) in [6.07, 6.45) is 0. The first-order chi connectivity index (χ1) is 8.88. The Labute approximate surface area is 110 Å². The van der Waals surface area contributed by atoms with E-state index < -0.39 is 11.8 Å². The van der Waals surface area contributed by atoms with E-state index in [0.29, 0.717) is 16.8 Å². The van der Waals surface area contributed by atoms with Gasteiger partial charge in [0.2, 0.25) is 0 Å². The van der Waals surface area contributed by atoms with Crippen LogP contribution in [0.1, 0.15) is 21.6 Å². The van der Waals surface area contributed by atoms with Crippen LogP contribution in [0.15, 0.2) is 12.1 Å². The lowest BCUT2D eigenvalue weighted by Crippen LogP contribution is -2.13. The highest BCUT2D eigenvalue weighted by Crippen LogP contribution is 2.31. The summed E-state index contributed by atoms with van der Waals surface area (Å²) in [6, 6.07) is 3.56. The Kier molecular flexibility index (Phi) is 3.06. The monoisotopic (exact) mass is 261 g/mol. The van der Waals surface area contributed by atoms with Gasteiger partial charge in [-0.3, -0.25) is 4.79 Å². The molecule has 100 valence electrons. The quantitative estimate of drug-likeness (QED) is 0.678. The van der Waals surface area contributed by atoms with Gasteiger partial charge >= 0.3 is 5.97 Å². The number of carbonyl (C=O) groups is 2. The second kappa shape index (κ2) is 4.42. The van der Waals surface area contributed by atoms with Gasteiger partial charge in [0.15, 0.2) is 0 Å². The number of aliphatic carboxylic acids is 1. The van der Waals surface area contributed by atoms with E-state index in [-0.39, 0.29) is 5.56 Å². The fourth-order valence-electron chi connectivity index (χ4n) is 2.42. The fourth-order valence-corrected chi connectivity index (χ4v) is 2.42. The van der Waals surface area contributed by atoms with Gasteiger partial charge in [-0.25, -0.2) is 4.79 Å². The van der Waals surface area contributed by atoms with Gasteiger partial charge < -0.3 is 14.4 Å². The summed E-state index contributed by atoms with van der Waals surface area (Å²) in [7, 11) is 3.35. The van der Waals surface area contributed by atoms with E-state index in [1.807, 2.05) is 24.6 Å². The van der Waals surface area contributed by atoms with Crippen LogP contribution in [0.3, 0.4) is 0 Å². The van der Waals surface area contributed by atoms with Gasteiger partial charge in [0.05, 0.1) is 18.2 Å². The van der Waals surface area contributed by atoms with E-state index >= 15 is 0 Å². The fraction of sp³-hybridized carbons (Fsp3) is 0.286. The van der Waals surface area contributed by atoms with Gasteiger partial charge in [0.1, 0.15) is 5.75 Å². The number of ketones is 1. The number of aryl methyl sites for hydroxylation is 2. The van der Waals surface area contributed by atoms with Gasteiger partial charge in [-0.15, -0.1) is 0 Å². The third-order valence-electron chi connectivity index (χ3n) is 3.40. The molecule has 0 atom stereocenters. The number of benzene rings is 1. The number of hydrogen-bond donors (Lipinski definition) is 1. The lowest BCUT2D eigenvalue weighted by atomic mass is 10.0. The molecule has 1 heterocycles. The number of rotatable bonds is 3. The summed E-state index contributed by atoms with van der Waals surface area (Å²) in [4.78, 5) is 22.8. The Balaban J connectivity index is 2.91. The number of fused-ring (bicyclic) bond motifs is 1. The standard InChI is InChI=1S/C14H15NO4/c1-7-5-9(19-4)6-10-11(13(16)14(17)18)8(2)15(3)12(7)10/h5-6H,1-4H3,(H,17,18). The van der Waals surface area contributed by atoms with E-state index in [2.05, 4.69) is 0 Å². The highest BCUT2D eigenvalue weighted by atomic mass is 16.5. The zero-order chi connectivity index (χ0) is 14.3. The molecule has 0 fully saturated rings. The normalized spacial score (nSPS) is 10.7. The minimum absolute atomic E-state index is 0.229. The number of hydrogen-bond acceptors (Lipinski definition) is 3. The second-order valence-corrected chi connectivity index (χ2v) is 4.49. The first-order valence-electron chi connectivity index (χ1n) is 5.79. The highest BCUT2D eigenvalue weighted by Gasteiger charge is 2.24. The van der Waals surface area contributed by atoms with Crippen LogP contribution in [0.2, 0.25) is 0 Å². The number of carboxylic acid groups (broad SMARTS) is 1. The maximum atomic E-state index is 11.8. The van der Waals surface area contributed by atoms with Crippen molar-refractivity contribution in [1.29, 1.82) is 0 Å². The first-order valence-corrected chi connectivity index (χ1v) is 5.79. The molecule has 2 aromatic rings. The topological polar surface area (TPSA) is 68.5 Å². The molecular formula is C14H15NO4. The summed E-state index contributed by atoms with van der Waals surface area (Å²) in [5.74, 6) is -1.73. The molecule has 0 aliphatic carbocycles. The third-order valence-corrected chi connectivity index (χ3v) is 3.40. The van der Waals surface area contributed by atoms with E-state index in [9.17, 15) is 9.59 Å². The number of carbonyl (C=O) groups excluding carboxylic acids is 1. The molecule has 5 heteroatoms. The Morgan fingerprint density at radius 2 is 1.89 bits per heavy atom.